The number of nitriles is 1. The topological polar surface area (TPSA) is 70.0 Å². The minimum Gasteiger partial charge on any atom is -0.282 e. The number of nitrogens with zero attached hydrogens (tertiary/aromatic N) is 1. The molecule has 0 radical (unpaired) electrons. The Balaban J connectivity index is 2.26. The highest BCUT2D eigenvalue weighted by Crippen LogP contribution is 2.29. The summed E-state index contributed by atoms with van der Waals surface area (Å²) in [5, 5.41) is 8.75. The van der Waals surface area contributed by atoms with E-state index < -0.39 is 10.0 Å². The minimum absolute atomic E-state index is 0.280. The number of rotatable bonds is 3. The lowest BCUT2D eigenvalue weighted by atomic mass is 10.2. The largest absolute Gasteiger partial charge is 0.282 e. The van der Waals surface area contributed by atoms with Crippen molar-refractivity contribution in [1.29, 1.82) is 5.26 Å². The molecule has 1 N–H and O–H groups in total. The van der Waals surface area contributed by atoms with Gasteiger partial charge in [0.15, 0.2) is 0 Å². The zero-order valence-corrected chi connectivity index (χ0v) is 11.3. The molecule has 0 unspecified atom stereocenters. The first-order valence-electron chi connectivity index (χ1n) is 5.74. The van der Waals surface area contributed by atoms with Crippen molar-refractivity contribution in [3.63, 3.8) is 0 Å². The molecule has 0 atom stereocenters. The maximum absolute atomic E-state index is 12.1. The van der Waals surface area contributed by atoms with Gasteiger partial charge in [-0.25, -0.2) is 8.42 Å². The van der Waals surface area contributed by atoms with Crippen molar-refractivity contribution < 1.29 is 8.42 Å². The normalized spacial score (nSPS) is 16.4. The first-order valence-corrected chi connectivity index (χ1v) is 7.66. The summed E-state index contributed by atoms with van der Waals surface area (Å²) < 4.78 is 26.7. The zero-order chi connectivity index (χ0) is 13.2. The van der Waals surface area contributed by atoms with E-state index in [-0.39, 0.29) is 10.9 Å². The molecule has 1 aliphatic carbocycles. The van der Waals surface area contributed by atoms with Crippen LogP contribution in [0.3, 0.4) is 0 Å². The van der Waals surface area contributed by atoms with Gasteiger partial charge in [0.1, 0.15) is 0 Å². The molecule has 0 aliphatic heterocycles. The Morgan fingerprint density at radius 2 is 2.00 bits per heavy atom. The average Bonchev–Trinajstić information content (AvgIpc) is 2.86. The Bertz CT molecular complexity index is 587. The molecular formula is C12H13ClN2O2S. The third-order valence-corrected chi connectivity index (χ3v) is 5.27. The van der Waals surface area contributed by atoms with Crippen molar-refractivity contribution in [2.75, 3.05) is 4.72 Å². The lowest BCUT2D eigenvalue weighted by Crippen LogP contribution is -2.25. The molecular weight excluding hydrogens is 272 g/mol. The number of hydrogen-bond acceptors (Lipinski definition) is 3. The summed E-state index contributed by atoms with van der Waals surface area (Å²) >= 11 is 5.93. The van der Waals surface area contributed by atoms with Crippen LogP contribution in [0, 0.1) is 11.3 Å². The number of hydrogen-bond donors (Lipinski definition) is 1. The van der Waals surface area contributed by atoms with Crippen molar-refractivity contribution in [2.24, 2.45) is 0 Å². The van der Waals surface area contributed by atoms with E-state index in [9.17, 15) is 8.42 Å². The maximum atomic E-state index is 12.1. The summed E-state index contributed by atoms with van der Waals surface area (Å²) in [4.78, 5) is 0. The van der Waals surface area contributed by atoms with Crippen molar-refractivity contribution in [2.45, 2.75) is 30.9 Å². The van der Waals surface area contributed by atoms with Gasteiger partial charge in [0, 0.05) is 0 Å². The standard InChI is InChI=1S/C12H13ClN2O2S/c13-11-6-5-9(8-14)7-12(11)15-18(16,17)10-3-1-2-4-10/h5-7,10,15H,1-4H2. The average molecular weight is 285 g/mol. The molecule has 0 heterocycles. The van der Waals surface area contributed by atoms with Crippen molar-refractivity contribution >= 4 is 27.3 Å². The van der Waals surface area contributed by atoms with Crippen LogP contribution >= 0.6 is 11.6 Å². The molecule has 6 heteroatoms. The van der Waals surface area contributed by atoms with E-state index >= 15 is 0 Å². The molecule has 0 amide bonds. The third kappa shape index (κ3) is 2.77. The van der Waals surface area contributed by atoms with Gasteiger partial charge in [-0.15, -0.1) is 0 Å². The lowest BCUT2D eigenvalue weighted by Gasteiger charge is -2.14. The summed E-state index contributed by atoms with van der Waals surface area (Å²) in [6.45, 7) is 0. The number of sulfonamides is 1. The van der Waals surface area contributed by atoms with Crippen LogP contribution in [0.15, 0.2) is 18.2 Å². The second-order valence-corrected chi connectivity index (χ2v) is 6.73. The van der Waals surface area contributed by atoms with E-state index in [1.54, 1.807) is 6.07 Å². The van der Waals surface area contributed by atoms with Crippen molar-refractivity contribution in [3.8, 4) is 6.07 Å². The van der Waals surface area contributed by atoms with Gasteiger partial charge in [0.2, 0.25) is 10.0 Å². The molecule has 1 aliphatic rings. The lowest BCUT2D eigenvalue weighted by molar-refractivity contribution is 0.585. The van der Waals surface area contributed by atoms with E-state index in [4.69, 9.17) is 16.9 Å². The number of halogens is 1. The van der Waals surface area contributed by atoms with Crippen LogP contribution in [0.4, 0.5) is 5.69 Å². The molecule has 2 rings (SSSR count). The third-order valence-electron chi connectivity index (χ3n) is 3.09. The fourth-order valence-electron chi connectivity index (χ4n) is 2.11. The zero-order valence-electron chi connectivity index (χ0n) is 9.69. The second-order valence-electron chi connectivity index (χ2n) is 4.36. The molecule has 4 nitrogen and oxygen atoms in total. The molecule has 18 heavy (non-hydrogen) atoms. The van der Waals surface area contributed by atoms with E-state index in [1.807, 2.05) is 6.07 Å². The quantitative estimate of drug-likeness (QED) is 0.928. The van der Waals surface area contributed by atoms with Gasteiger partial charge in [0.05, 0.1) is 27.6 Å². The van der Waals surface area contributed by atoms with Gasteiger partial charge < -0.3 is 0 Å². The highest BCUT2D eigenvalue weighted by Gasteiger charge is 2.29. The van der Waals surface area contributed by atoms with Gasteiger partial charge >= 0.3 is 0 Å². The predicted octanol–water partition coefficient (Wildman–Crippen LogP) is 2.90. The minimum atomic E-state index is -3.40. The fraction of sp³-hybridized carbons (Fsp3) is 0.417. The van der Waals surface area contributed by atoms with E-state index in [2.05, 4.69) is 4.72 Å². The molecule has 1 fully saturated rings. The molecule has 1 aromatic rings. The van der Waals surface area contributed by atoms with Crippen LogP contribution in [-0.2, 0) is 10.0 Å². The number of anilines is 1. The van der Waals surface area contributed by atoms with E-state index in [1.165, 1.54) is 12.1 Å². The van der Waals surface area contributed by atoms with E-state index in [0.717, 1.165) is 12.8 Å². The highest BCUT2D eigenvalue weighted by molar-refractivity contribution is 7.93. The molecule has 1 saturated carbocycles. The molecule has 0 saturated heterocycles. The van der Waals surface area contributed by atoms with Gasteiger partial charge in [-0.05, 0) is 31.0 Å². The first-order chi connectivity index (χ1) is 8.53. The second kappa shape index (κ2) is 5.17. The molecule has 0 spiro atoms. The summed E-state index contributed by atoms with van der Waals surface area (Å²) in [7, 11) is -3.40. The molecule has 0 aromatic heterocycles. The van der Waals surface area contributed by atoms with Gasteiger partial charge in [-0.3, -0.25) is 4.72 Å². The summed E-state index contributed by atoms with van der Waals surface area (Å²) in [6.07, 6.45) is 3.25. The maximum Gasteiger partial charge on any atom is 0.235 e. The number of nitrogens with one attached hydrogen (secondary N) is 1. The van der Waals surface area contributed by atoms with Gasteiger partial charge in [-0.2, -0.15) is 5.26 Å². The Kier molecular flexibility index (Phi) is 3.79. The monoisotopic (exact) mass is 284 g/mol. The van der Waals surface area contributed by atoms with Crippen LogP contribution in [0.25, 0.3) is 0 Å². The molecule has 1 aromatic carbocycles. The smallest absolute Gasteiger partial charge is 0.235 e. The Hall–Kier alpha value is -1.25. The van der Waals surface area contributed by atoms with Crippen LogP contribution < -0.4 is 4.72 Å². The fourth-order valence-corrected chi connectivity index (χ4v) is 3.93. The summed E-state index contributed by atoms with van der Waals surface area (Å²) in [5.74, 6) is 0. The van der Waals surface area contributed by atoms with Crippen LogP contribution in [0.5, 0.6) is 0 Å². The van der Waals surface area contributed by atoms with Crippen molar-refractivity contribution in [3.05, 3.63) is 28.8 Å². The van der Waals surface area contributed by atoms with E-state index in [0.29, 0.717) is 23.4 Å². The SMILES string of the molecule is N#Cc1ccc(Cl)c(NS(=O)(=O)C2CCCC2)c1. The Morgan fingerprint density at radius 1 is 1.33 bits per heavy atom. The van der Waals surface area contributed by atoms with Crippen LogP contribution in [-0.4, -0.2) is 13.7 Å². The first kappa shape index (κ1) is 13.2. The predicted molar refractivity (Wildman–Crippen MR) is 71.0 cm³/mol. The Labute approximate surface area is 112 Å². The van der Waals surface area contributed by atoms with Gasteiger partial charge in [-0.1, -0.05) is 24.4 Å². The van der Waals surface area contributed by atoms with Crippen LogP contribution in [0.1, 0.15) is 31.2 Å². The number of benzene rings is 1. The Morgan fingerprint density at radius 3 is 2.61 bits per heavy atom. The summed E-state index contributed by atoms with van der Waals surface area (Å²) in [6, 6.07) is 6.48. The molecule has 0 bridgehead atoms. The van der Waals surface area contributed by atoms with Crippen molar-refractivity contribution in [1.82, 2.24) is 0 Å². The summed E-state index contributed by atoms with van der Waals surface area (Å²) in [5.41, 5.74) is 0.658. The highest BCUT2D eigenvalue weighted by atomic mass is 35.5. The molecule has 96 valence electrons. The van der Waals surface area contributed by atoms with Crippen LogP contribution in [0.2, 0.25) is 5.02 Å². The van der Waals surface area contributed by atoms with Gasteiger partial charge in [0.25, 0.3) is 0 Å².